The van der Waals surface area contributed by atoms with Crippen molar-refractivity contribution >= 4 is 97.1 Å². The summed E-state index contributed by atoms with van der Waals surface area (Å²) < 4.78 is 5.04. The lowest BCUT2D eigenvalue weighted by molar-refractivity contribution is 0.585. The summed E-state index contributed by atoms with van der Waals surface area (Å²) in [7, 11) is 0. The van der Waals surface area contributed by atoms with Crippen molar-refractivity contribution < 1.29 is 0 Å². The topological polar surface area (TPSA) is 6.48 Å². The van der Waals surface area contributed by atoms with Crippen LogP contribution in [-0.2, 0) is 17.3 Å². The van der Waals surface area contributed by atoms with Crippen LogP contribution in [0.15, 0.2) is 419 Å². The fourth-order valence-corrected chi connectivity index (χ4v) is 22.3. The molecule has 0 aliphatic heterocycles. The van der Waals surface area contributed by atoms with E-state index in [1.165, 1.54) is 163 Å². The first-order valence-corrected chi connectivity index (χ1v) is 42.6. The highest BCUT2D eigenvalue weighted by Crippen LogP contribution is 2.59. The number of benzene rings is 18. The Balaban J connectivity index is 0.691. The summed E-state index contributed by atoms with van der Waals surface area (Å²) in [6.07, 6.45) is 0.793. The van der Waals surface area contributed by atoms with Crippen LogP contribution in [0, 0.1) is 0 Å². The minimum atomic E-state index is -0.420. The molecule has 2 nitrogen and oxygen atoms in total. The molecule has 2 aliphatic rings. The summed E-state index contributed by atoms with van der Waals surface area (Å²) in [6.45, 7) is 7.33. The van der Waals surface area contributed by atoms with Crippen LogP contribution in [0.5, 0.6) is 0 Å². The van der Waals surface area contributed by atoms with Crippen molar-refractivity contribution in [3.05, 3.63) is 446 Å². The quantitative estimate of drug-likeness (QED) is 0.0951. The molecule has 2 aliphatic carbocycles. The van der Waals surface area contributed by atoms with E-state index < -0.39 is 5.41 Å². The Hall–Kier alpha value is -14.0. The molecule has 0 bridgehead atoms. The smallest absolute Gasteiger partial charge is 0.0546 e. The van der Waals surface area contributed by atoms with E-state index in [2.05, 4.69) is 449 Å². The van der Waals surface area contributed by atoms with E-state index in [9.17, 15) is 0 Å². The molecule has 1 unspecified atom stereocenters. The molecule has 1 atom stereocenters. The molecule has 0 radical (unpaired) electrons. The SMILES string of the molecule is CC1(C)c2ccccc2-c2cccc(-c3ccccc3N(c3ccc4c(c3)sc3cc(CC5(C)c6ccccc6-c6cccc(-c7cccc(N(c8ccc9c(c8)sc8ccccc89)c8cccc(-c9ccccc9)c8-c8ccccc8-c8ccccc8)c7)c65)ccc34)c3cccc(-c4ccccc4)c3-c3ccccc3-c3ccccc3)c21. The Kier molecular flexibility index (Phi) is 17.2. The van der Waals surface area contributed by atoms with Crippen LogP contribution in [-0.4, -0.2) is 0 Å². The molecule has 0 N–H and O–H groups in total. The fourth-order valence-electron chi connectivity index (χ4n) is 19.9. The van der Waals surface area contributed by atoms with Crippen LogP contribution in [0.25, 0.3) is 152 Å². The Morgan fingerprint density at radius 1 is 0.220 bits per heavy atom. The van der Waals surface area contributed by atoms with Gasteiger partial charge in [0.2, 0.25) is 0 Å². The molecule has 0 saturated heterocycles. The number of fused-ring (bicyclic) bond motifs is 12. The third-order valence-corrected chi connectivity index (χ3v) is 27.4. The highest BCUT2D eigenvalue weighted by atomic mass is 32.1. The monoisotopic (exact) mass is 1540 g/mol. The number of para-hydroxylation sites is 1. The molecule has 0 amide bonds. The molecule has 0 saturated carbocycles. The van der Waals surface area contributed by atoms with Crippen LogP contribution >= 0.6 is 22.7 Å². The van der Waals surface area contributed by atoms with Gasteiger partial charge in [0.1, 0.15) is 0 Å². The maximum Gasteiger partial charge on any atom is 0.0546 e. The molecule has 0 spiro atoms. The van der Waals surface area contributed by atoms with Gasteiger partial charge in [0.25, 0.3) is 0 Å². The van der Waals surface area contributed by atoms with Crippen LogP contribution < -0.4 is 9.80 Å². The van der Waals surface area contributed by atoms with Crippen molar-refractivity contribution in [2.45, 2.75) is 38.0 Å². The van der Waals surface area contributed by atoms with E-state index in [0.29, 0.717) is 0 Å². The van der Waals surface area contributed by atoms with E-state index in [-0.39, 0.29) is 5.41 Å². The molecule has 2 aromatic heterocycles. The second-order valence-corrected chi connectivity index (χ2v) is 34.4. The largest absolute Gasteiger partial charge is 0.310 e. The van der Waals surface area contributed by atoms with Crippen LogP contribution in [0.1, 0.15) is 48.6 Å². The van der Waals surface area contributed by atoms with Gasteiger partial charge in [0, 0.05) is 84.9 Å². The number of thiophene rings is 2. The van der Waals surface area contributed by atoms with Gasteiger partial charge in [-0.05, 0) is 196 Å². The van der Waals surface area contributed by atoms with Gasteiger partial charge in [-0.2, -0.15) is 0 Å². The zero-order valence-corrected chi connectivity index (χ0v) is 67.4. The predicted molar refractivity (Wildman–Crippen MR) is 505 cm³/mol. The summed E-state index contributed by atoms with van der Waals surface area (Å²) in [5, 5.41) is 5.06. The maximum absolute atomic E-state index is 2.58. The third kappa shape index (κ3) is 11.7. The molecule has 558 valence electrons. The lowest BCUT2D eigenvalue weighted by Gasteiger charge is -2.32. The van der Waals surface area contributed by atoms with Crippen molar-refractivity contribution in [2.75, 3.05) is 9.80 Å². The molecule has 2 heterocycles. The second kappa shape index (κ2) is 28.8. The Bertz CT molecular complexity index is 7330. The molecule has 18 aromatic carbocycles. The van der Waals surface area contributed by atoms with Crippen molar-refractivity contribution in [3.63, 3.8) is 0 Å². The third-order valence-electron chi connectivity index (χ3n) is 25.1. The number of anilines is 6. The lowest BCUT2D eigenvalue weighted by Crippen LogP contribution is -2.24. The van der Waals surface area contributed by atoms with Gasteiger partial charge < -0.3 is 9.80 Å². The molecule has 20 aromatic rings. The number of hydrogen-bond donors (Lipinski definition) is 0. The van der Waals surface area contributed by atoms with Crippen LogP contribution in [0.3, 0.4) is 0 Å². The minimum absolute atomic E-state index is 0.251. The minimum Gasteiger partial charge on any atom is -0.310 e. The average molecular weight is 1540 g/mol. The molecule has 22 rings (SSSR count). The van der Waals surface area contributed by atoms with Crippen molar-refractivity contribution in [3.8, 4) is 111 Å². The fraction of sp³-hybridized carbons (Fsp3) is 0.0526. The first-order chi connectivity index (χ1) is 58.2. The molecule has 118 heavy (non-hydrogen) atoms. The summed E-state index contributed by atoms with van der Waals surface area (Å²) in [4.78, 5) is 5.12. The van der Waals surface area contributed by atoms with Crippen LogP contribution in [0.2, 0.25) is 0 Å². The Labute approximate surface area is 697 Å². The van der Waals surface area contributed by atoms with Gasteiger partial charge in [-0.3, -0.25) is 0 Å². The standard InChI is InChI=1S/C114H80N2S2/c1-113(2)100-57-24-20-45-88(100)97-54-30-56-99(111(97)113)90-47-22-26-59-102(90)116(104-61-32-52-86(78-39-14-7-15-40-78)110(104)96-50-19-17-44-84(96)76-35-10-5-11-36-76)82-65-68-94-92-66-63-74(69-106(92)118-108(94)72-82)73-114(3)101-58-25-21-46-89(101)98-55-29-53-87(112(98)114)79-41-28-42-80(70-79)115(81-64-67-93-91-48-23-27-62-105(91)117-107(93)71-81)103-60-31-51-85(77-37-12-6-13-38-77)109(103)95-49-18-16-43-83(95)75-33-8-4-9-34-75/h4-72H,73H2,1-3H3. The van der Waals surface area contributed by atoms with Gasteiger partial charge in [-0.25, -0.2) is 0 Å². The van der Waals surface area contributed by atoms with E-state index in [0.717, 1.165) is 57.2 Å². The Morgan fingerprint density at radius 2 is 0.585 bits per heavy atom. The second-order valence-electron chi connectivity index (χ2n) is 32.3. The van der Waals surface area contributed by atoms with E-state index in [1.54, 1.807) is 0 Å². The number of rotatable bonds is 16. The summed E-state index contributed by atoms with van der Waals surface area (Å²) >= 11 is 3.77. The van der Waals surface area contributed by atoms with E-state index in [1.807, 2.05) is 22.7 Å². The van der Waals surface area contributed by atoms with Crippen molar-refractivity contribution in [1.29, 1.82) is 0 Å². The van der Waals surface area contributed by atoms with Gasteiger partial charge >= 0.3 is 0 Å². The zero-order valence-electron chi connectivity index (χ0n) is 65.8. The first kappa shape index (κ1) is 70.6. The van der Waals surface area contributed by atoms with E-state index >= 15 is 0 Å². The van der Waals surface area contributed by atoms with Gasteiger partial charge in [0.15, 0.2) is 0 Å². The molecule has 4 heteroatoms. The number of hydrogen-bond acceptors (Lipinski definition) is 4. The lowest BCUT2D eigenvalue weighted by atomic mass is 9.73. The zero-order chi connectivity index (χ0) is 78.6. The summed E-state index contributed by atoms with van der Waals surface area (Å²) in [5.41, 5.74) is 36.6. The van der Waals surface area contributed by atoms with Gasteiger partial charge in [-0.1, -0.05) is 373 Å². The van der Waals surface area contributed by atoms with Crippen LogP contribution in [0.4, 0.5) is 34.1 Å². The summed E-state index contributed by atoms with van der Waals surface area (Å²) in [5.74, 6) is 0. The molecule has 0 fully saturated rings. The molecular formula is C114H80N2S2. The molecular weight excluding hydrogens is 1460 g/mol. The average Bonchev–Trinajstić information content (AvgIpc) is 1.53. The van der Waals surface area contributed by atoms with Crippen molar-refractivity contribution in [2.24, 2.45) is 0 Å². The first-order valence-electron chi connectivity index (χ1n) is 41.0. The highest BCUT2D eigenvalue weighted by Gasteiger charge is 2.42. The van der Waals surface area contributed by atoms with Crippen molar-refractivity contribution in [1.82, 2.24) is 0 Å². The highest BCUT2D eigenvalue weighted by molar-refractivity contribution is 7.26. The van der Waals surface area contributed by atoms with E-state index in [4.69, 9.17) is 0 Å². The maximum atomic E-state index is 2.58. The summed E-state index contributed by atoms with van der Waals surface area (Å²) in [6, 6.07) is 157. The number of nitrogens with zero attached hydrogens (tertiary/aromatic N) is 2. The van der Waals surface area contributed by atoms with Gasteiger partial charge in [0.05, 0.1) is 17.1 Å². The van der Waals surface area contributed by atoms with Gasteiger partial charge in [-0.15, -0.1) is 22.7 Å². The predicted octanol–water partition coefficient (Wildman–Crippen LogP) is 32.5. The normalized spacial score (nSPS) is 13.7. The Morgan fingerprint density at radius 3 is 1.18 bits per heavy atom.